The maximum Gasteiger partial charge on any atom is 0.269 e. The fraction of sp³-hybridized carbons (Fsp3) is 0.364. The van der Waals surface area contributed by atoms with E-state index < -0.39 is 4.92 Å². The van der Waals surface area contributed by atoms with Crippen LogP contribution < -0.4 is 5.43 Å². The van der Waals surface area contributed by atoms with Crippen molar-refractivity contribution in [3.63, 3.8) is 0 Å². The number of hydrogen-bond donors (Lipinski definition) is 1. The van der Waals surface area contributed by atoms with E-state index in [-0.39, 0.29) is 5.69 Å². The number of benzene rings is 1. The molecule has 0 amide bonds. The van der Waals surface area contributed by atoms with Gasteiger partial charge in [0.1, 0.15) is 0 Å². The summed E-state index contributed by atoms with van der Waals surface area (Å²) >= 11 is 0. The number of nitro groups is 1. The van der Waals surface area contributed by atoms with Crippen LogP contribution in [-0.4, -0.2) is 11.1 Å². The predicted octanol–water partition coefficient (Wildman–Crippen LogP) is 2.79. The van der Waals surface area contributed by atoms with Gasteiger partial charge in [-0.2, -0.15) is 5.10 Å². The number of nitrogens with zero attached hydrogens (tertiary/aromatic N) is 2. The molecule has 2 rings (SSSR count). The second kappa shape index (κ2) is 4.74. The minimum absolute atomic E-state index is 0.0903. The van der Waals surface area contributed by atoms with Gasteiger partial charge in [0, 0.05) is 18.3 Å². The van der Waals surface area contributed by atoms with Gasteiger partial charge in [0.2, 0.25) is 0 Å². The van der Waals surface area contributed by atoms with Gasteiger partial charge in [-0.3, -0.25) is 15.5 Å². The molecule has 0 bridgehead atoms. The summed E-state index contributed by atoms with van der Waals surface area (Å²) in [7, 11) is 0. The highest BCUT2D eigenvalue weighted by Crippen LogP contribution is 2.31. The molecular formula is C11H13N3O2. The quantitative estimate of drug-likeness (QED) is 0.470. The minimum atomic E-state index is -0.417. The molecule has 0 atom stereocenters. The lowest BCUT2D eigenvalue weighted by molar-refractivity contribution is -0.384. The van der Waals surface area contributed by atoms with Crippen LogP contribution in [0, 0.1) is 16.0 Å². The summed E-state index contributed by atoms with van der Waals surface area (Å²) < 4.78 is 0. The molecule has 1 aliphatic carbocycles. The number of nitro benzene ring substituents is 1. The topological polar surface area (TPSA) is 67.5 Å². The monoisotopic (exact) mass is 219 g/mol. The first-order valence-electron chi connectivity index (χ1n) is 5.27. The van der Waals surface area contributed by atoms with Crippen LogP contribution in [0.2, 0.25) is 0 Å². The van der Waals surface area contributed by atoms with E-state index in [1.54, 1.807) is 12.1 Å². The molecule has 1 saturated carbocycles. The molecule has 5 heteroatoms. The van der Waals surface area contributed by atoms with Crippen molar-refractivity contribution in [3.05, 3.63) is 34.4 Å². The highest BCUT2D eigenvalue weighted by molar-refractivity contribution is 5.60. The summed E-state index contributed by atoms with van der Waals surface area (Å²) in [6.45, 7) is 0. The number of non-ortho nitro benzene ring substituents is 1. The third kappa shape index (κ3) is 3.05. The molecule has 0 saturated heterocycles. The average Bonchev–Trinajstić information content (AvgIpc) is 3.09. The SMILES string of the molecule is O=[N+]([O-])c1ccc(NN=CCC2CC2)cc1. The van der Waals surface area contributed by atoms with Crippen molar-refractivity contribution in [2.75, 3.05) is 5.43 Å². The summed E-state index contributed by atoms with van der Waals surface area (Å²) in [5.74, 6) is 0.822. The van der Waals surface area contributed by atoms with Gasteiger partial charge in [-0.25, -0.2) is 0 Å². The first kappa shape index (κ1) is 10.6. The van der Waals surface area contributed by atoms with Crippen molar-refractivity contribution in [1.82, 2.24) is 0 Å². The van der Waals surface area contributed by atoms with Crippen LogP contribution in [0.1, 0.15) is 19.3 Å². The van der Waals surface area contributed by atoms with Crippen LogP contribution in [0.3, 0.4) is 0 Å². The Morgan fingerprint density at radius 3 is 2.69 bits per heavy atom. The fourth-order valence-corrected chi connectivity index (χ4v) is 1.33. The zero-order chi connectivity index (χ0) is 11.4. The van der Waals surface area contributed by atoms with Crippen LogP contribution in [0.25, 0.3) is 0 Å². The Morgan fingerprint density at radius 1 is 1.44 bits per heavy atom. The Bertz CT molecular complexity index is 396. The second-order valence-electron chi connectivity index (χ2n) is 3.91. The van der Waals surface area contributed by atoms with Crippen molar-refractivity contribution in [3.8, 4) is 0 Å². The standard InChI is InChI=1S/C11H13N3O2/c15-14(16)11-5-3-10(4-6-11)13-12-8-7-9-1-2-9/h3-6,8-9,13H,1-2,7H2. The second-order valence-corrected chi connectivity index (χ2v) is 3.91. The largest absolute Gasteiger partial charge is 0.279 e. The molecule has 5 nitrogen and oxygen atoms in total. The molecule has 1 fully saturated rings. The van der Waals surface area contributed by atoms with Crippen molar-refractivity contribution >= 4 is 17.6 Å². The van der Waals surface area contributed by atoms with Gasteiger partial charge < -0.3 is 0 Å². The lowest BCUT2D eigenvalue weighted by atomic mass is 10.3. The van der Waals surface area contributed by atoms with Gasteiger partial charge in [0.05, 0.1) is 10.6 Å². The van der Waals surface area contributed by atoms with E-state index in [1.165, 1.54) is 25.0 Å². The van der Waals surface area contributed by atoms with Crippen LogP contribution in [-0.2, 0) is 0 Å². The lowest BCUT2D eigenvalue weighted by Crippen LogP contribution is -1.91. The predicted molar refractivity (Wildman–Crippen MR) is 62.6 cm³/mol. The molecule has 0 aromatic heterocycles. The molecule has 0 radical (unpaired) electrons. The van der Waals surface area contributed by atoms with Gasteiger partial charge in [-0.15, -0.1) is 0 Å². The summed E-state index contributed by atoms with van der Waals surface area (Å²) in [4.78, 5) is 9.99. The zero-order valence-corrected chi connectivity index (χ0v) is 8.80. The molecule has 0 aliphatic heterocycles. The lowest BCUT2D eigenvalue weighted by Gasteiger charge is -1.98. The number of anilines is 1. The molecule has 1 aromatic carbocycles. The van der Waals surface area contributed by atoms with E-state index in [0.717, 1.165) is 18.0 Å². The number of hydrogen-bond acceptors (Lipinski definition) is 4. The van der Waals surface area contributed by atoms with E-state index in [4.69, 9.17) is 0 Å². The Labute approximate surface area is 93.3 Å². The first-order valence-corrected chi connectivity index (χ1v) is 5.27. The van der Waals surface area contributed by atoms with Crippen LogP contribution >= 0.6 is 0 Å². The molecule has 1 aliphatic rings. The smallest absolute Gasteiger partial charge is 0.269 e. The van der Waals surface area contributed by atoms with Gasteiger partial charge in [-0.05, 0) is 37.3 Å². The third-order valence-electron chi connectivity index (χ3n) is 2.50. The molecule has 0 unspecified atom stereocenters. The normalized spacial score (nSPS) is 15.2. The minimum Gasteiger partial charge on any atom is -0.279 e. The van der Waals surface area contributed by atoms with Crippen molar-refractivity contribution in [2.24, 2.45) is 11.0 Å². The molecule has 1 aromatic rings. The summed E-state index contributed by atoms with van der Waals surface area (Å²) in [6.07, 6.45) is 5.49. The van der Waals surface area contributed by atoms with Crippen molar-refractivity contribution in [2.45, 2.75) is 19.3 Å². The van der Waals surface area contributed by atoms with Crippen LogP contribution in [0.15, 0.2) is 29.4 Å². The highest BCUT2D eigenvalue weighted by Gasteiger charge is 2.19. The zero-order valence-electron chi connectivity index (χ0n) is 8.80. The van der Waals surface area contributed by atoms with E-state index >= 15 is 0 Å². The maximum absolute atomic E-state index is 10.4. The average molecular weight is 219 g/mol. The highest BCUT2D eigenvalue weighted by atomic mass is 16.6. The summed E-state index contributed by atoms with van der Waals surface area (Å²) in [5.41, 5.74) is 3.69. The molecule has 16 heavy (non-hydrogen) atoms. The Kier molecular flexibility index (Phi) is 3.14. The first-order chi connectivity index (χ1) is 7.75. The van der Waals surface area contributed by atoms with Gasteiger partial charge in [-0.1, -0.05) is 0 Å². The summed E-state index contributed by atoms with van der Waals surface area (Å²) in [6, 6.07) is 6.21. The van der Waals surface area contributed by atoms with Gasteiger partial charge >= 0.3 is 0 Å². The van der Waals surface area contributed by atoms with E-state index in [0.29, 0.717) is 0 Å². The molecule has 0 spiro atoms. The van der Waals surface area contributed by atoms with Gasteiger partial charge in [0.25, 0.3) is 5.69 Å². The van der Waals surface area contributed by atoms with Crippen LogP contribution in [0.5, 0.6) is 0 Å². The fourth-order valence-electron chi connectivity index (χ4n) is 1.33. The molecule has 84 valence electrons. The van der Waals surface area contributed by atoms with E-state index in [9.17, 15) is 10.1 Å². The number of rotatable bonds is 5. The number of nitrogens with one attached hydrogen (secondary N) is 1. The molecular weight excluding hydrogens is 206 g/mol. The number of hydrazone groups is 1. The third-order valence-corrected chi connectivity index (χ3v) is 2.50. The maximum atomic E-state index is 10.4. The molecule has 1 N–H and O–H groups in total. The molecule has 0 heterocycles. The van der Waals surface area contributed by atoms with Crippen molar-refractivity contribution in [1.29, 1.82) is 0 Å². The Hall–Kier alpha value is -1.91. The van der Waals surface area contributed by atoms with E-state index in [1.807, 2.05) is 6.21 Å². The van der Waals surface area contributed by atoms with E-state index in [2.05, 4.69) is 10.5 Å². The Morgan fingerprint density at radius 2 is 2.12 bits per heavy atom. The van der Waals surface area contributed by atoms with Crippen molar-refractivity contribution < 1.29 is 4.92 Å². The summed E-state index contributed by atoms with van der Waals surface area (Å²) in [5, 5.41) is 14.5. The Balaban J connectivity index is 1.84. The van der Waals surface area contributed by atoms with Crippen LogP contribution in [0.4, 0.5) is 11.4 Å². The van der Waals surface area contributed by atoms with Gasteiger partial charge in [0.15, 0.2) is 0 Å².